The van der Waals surface area contributed by atoms with Crippen molar-refractivity contribution >= 4 is 17.4 Å². The lowest BCUT2D eigenvalue weighted by Crippen LogP contribution is -2.28. The van der Waals surface area contributed by atoms with Gasteiger partial charge >= 0.3 is 12.2 Å². The van der Waals surface area contributed by atoms with Crippen LogP contribution in [0.25, 0.3) is 0 Å². The van der Waals surface area contributed by atoms with Gasteiger partial charge in [0.2, 0.25) is 0 Å². The molecule has 4 nitrogen and oxygen atoms in total. The van der Waals surface area contributed by atoms with Crippen molar-refractivity contribution in [3.8, 4) is 0 Å². The maximum Gasteiger partial charge on any atom is 0.416 e. The summed E-state index contributed by atoms with van der Waals surface area (Å²) in [7, 11) is 2.03. The molecule has 0 bridgehead atoms. The molecular weight excluding hydrogens is 331 g/mol. The molecule has 0 radical (unpaired) electrons. The zero-order valence-corrected chi connectivity index (χ0v) is 13.7. The summed E-state index contributed by atoms with van der Waals surface area (Å²) < 4.78 is 38.2. The number of benzene rings is 2. The van der Waals surface area contributed by atoms with E-state index in [1.54, 1.807) is 6.07 Å². The van der Waals surface area contributed by atoms with E-state index >= 15 is 0 Å². The number of halogens is 3. The van der Waals surface area contributed by atoms with E-state index < -0.39 is 17.8 Å². The Hall–Kier alpha value is -2.54. The molecule has 0 fully saturated rings. The van der Waals surface area contributed by atoms with Crippen LogP contribution in [0.3, 0.4) is 0 Å². The highest BCUT2D eigenvalue weighted by Gasteiger charge is 2.30. The number of nitrogens with one attached hydrogen (secondary N) is 2. The third-order valence-electron chi connectivity index (χ3n) is 4.15. The quantitative estimate of drug-likeness (QED) is 0.847. The topological polar surface area (TPSA) is 44.4 Å². The number of carbonyl (C=O) groups is 1. The summed E-state index contributed by atoms with van der Waals surface area (Å²) in [5, 5.41) is 5.20. The van der Waals surface area contributed by atoms with Crippen LogP contribution in [-0.2, 0) is 19.1 Å². The smallest absolute Gasteiger partial charge is 0.308 e. The summed E-state index contributed by atoms with van der Waals surface area (Å²) in [4.78, 5) is 14.4. The molecule has 25 heavy (non-hydrogen) atoms. The van der Waals surface area contributed by atoms with Gasteiger partial charge in [0.05, 0.1) is 5.56 Å². The van der Waals surface area contributed by atoms with E-state index in [4.69, 9.17) is 0 Å². The van der Waals surface area contributed by atoms with Crippen LogP contribution in [0.15, 0.2) is 42.5 Å². The first-order valence-corrected chi connectivity index (χ1v) is 7.87. The van der Waals surface area contributed by atoms with E-state index in [9.17, 15) is 18.0 Å². The molecule has 1 heterocycles. The van der Waals surface area contributed by atoms with Crippen molar-refractivity contribution in [3.05, 3.63) is 59.2 Å². The van der Waals surface area contributed by atoms with Crippen molar-refractivity contribution < 1.29 is 18.0 Å². The number of carbonyl (C=O) groups excluding carboxylic acids is 1. The molecular formula is C18H18F3N3O. The van der Waals surface area contributed by atoms with Gasteiger partial charge in [-0.1, -0.05) is 18.2 Å². The van der Waals surface area contributed by atoms with E-state index in [0.29, 0.717) is 5.69 Å². The lowest BCUT2D eigenvalue weighted by atomic mass is 9.98. The number of urea groups is 1. The monoisotopic (exact) mass is 349 g/mol. The highest BCUT2D eigenvalue weighted by molar-refractivity contribution is 6.00. The fourth-order valence-electron chi connectivity index (χ4n) is 2.93. The van der Waals surface area contributed by atoms with Gasteiger partial charge in [-0.2, -0.15) is 13.2 Å². The summed E-state index contributed by atoms with van der Waals surface area (Å²) in [6, 6.07) is 9.67. The van der Waals surface area contributed by atoms with Gasteiger partial charge in [-0.25, -0.2) is 4.79 Å². The Kier molecular flexibility index (Phi) is 4.67. The molecule has 2 aromatic rings. The predicted molar refractivity (Wildman–Crippen MR) is 90.6 cm³/mol. The highest BCUT2D eigenvalue weighted by Crippen LogP contribution is 2.31. The summed E-state index contributed by atoms with van der Waals surface area (Å²) in [5.41, 5.74) is 2.20. The minimum atomic E-state index is -4.45. The number of amides is 2. The van der Waals surface area contributed by atoms with Crippen molar-refractivity contribution in [1.82, 2.24) is 4.90 Å². The van der Waals surface area contributed by atoms with Crippen molar-refractivity contribution in [2.24, 2.45) is 0 Å². The molecule has 2 amide bonds. The first-order chi connectivity index (χ1) is 11.8. The number of hydrogen-bond acceptors (Lipinski definition) is 2. The second-order valence-corrected chi connectivity index (χ2v) is 6.09. The highest BCUT2D eigenvalue weighted by atomic mass is 19.4. The van der Waals surface area contributed by atoms with E-state index in [2.05, 4.69) is 15.5 Å². The Morgan fingerprint density at radius 1 is 1.12 bits per heavy atom. The molecule has 0 spiro atoms. The number of likely N-dealkylation sites (N-methyl/N-ethyl adjacent to an activating group) is 1. The Labute approximate surface area is 143 Å². The molecule has 0 saturated heterocycles. The summed E-state index contributed by atoms with van der Waals surface area (Å²) in [5.74, 6) is 0. The second-order valence-electron chi connectivity index (χ2n) is 6.09. The van der Waals surface area contributed by atoms with Gasteiger partial charge in [-0.05, 0) is 48.9 Å². The average Bonchev–Trinajstić information content (AvgIpc) is 2.54. The molecule has 132 valence electrons. The number of hydrogen-bond donors (Lipinski definition) is 2. The normalized spacial score (nSPS) is 14.7. The lowest BCUT2D eigenvalue weighted by Gasteiger charge is -2.26. The number of alkyl halides is 3. The SMILES string of the molecule is CN1CCc2c(cccc2NC(=O)Nc2cccc(C(F)(F)F)c2)C1. The van der Waals surface area contributed by atoms with E-state index in [-0.39, 0.29) is 5.69 Å². The average molecular weight is 349 g/mol. The number of anilines is 2. The van der Waals surface area contributed by atoms with E-state index in [1.807, 2.05) is 19.2 Å². The van der Waals surface area contributed by atoms with Gasteiger partial charge in [0.15, 0.2) is 0 Å². The number of nitrogens with zero attached hydrogens (tertiary/aromatic N) is 1. The predicted octanol–water partition coefficient (Wildman–Crippen LogP) is 4.34. The maximum absolute atomic E-state index is 12.7. The number of fused-ring (bicyclic) bond motifs is 1. The van der Waals surface area contributed by atoms with Gasteiger partial charge in [-0.15, -0.1) is 0 Å². The summed E-state index contributed by atoms with van der Waals surface area (Å²) in [6.45, 7) is 1.70. The first-order valence-electron chi connectivity index (χ1n) is 7.87. The molecule has 0 atom stereocenters. The molecule has 0 aromatic heterocycles. The third-order valence-corrected chi connectivity index (χ3v) is 4.15. The van der Waals surface area contributed by atoms with E-state index in [1.165, 1.54) is 12.1 Å². The second kappa shape index (κ2) is 6.76. The van der Waals surface area contributed by atoms with Gasteiger partial charge < -0.3 is 15.5 Å². The van der Waals surface area contributed by atoms with Crippen LogP contribution < -0.4 is 10.6 Å². The number of rotatable bonds is 2. The maximum atomic E-state index is 12.7. The van der Waals surface area contributed by atoms with Crippen molar-refractivity contribution in [1.29, 1.82) is 0 Å². The molecule has 1 aliphatic heterocycles. The molecule has 0 aliphatic carbocycles. The van der Waals surface area contributed by atoms with Gasteiger partial charge in [0.1, 0.15) is 0 Å². The minimum Gasteiger partial charge on any atom is -0.308 e. The van der Waals surface area contributed by atoms with Crippen LogP contribution in [0.4, 0.5) is 29.3 Å². The fraction of sp³-hybridized carbons (Fsp3) is 0.278. The summed E-state index contributed by atoms with van der Waals surface area (Å²) >= 11 is 0. The fourth-order valence-corrected chi connectivity index (χ4v) is 2.93. The first kappa shape index (κ1) is 17.3. The minimum absolute atomic E-state index is 0.0943. The standard InChI is InChI=1S/C18H18F3N3O/c1-24-9-8-15-12(11-24)4-2-7-16(15)23-17(25)22-14-6-3-5-13(10-14)18(19,20)21/h2-7,10H,8-9,11H2,1H3,(H2,22,23,25). The Balaban J connectivity index is 1.73. The summed E-state index contributed by atoms with van der Waals surface area (Å²) in [6.07, 6.45) is -3.63. The largest absolute Gasteiger partial charge is 0.416 e. The van der Waals surface area contributed by atoms with Crippen LogP contribution in [0.1, 0.15) is 16.7 Å². The van der Waals surface area contributed by atoms with E-state index in [0.717, 1.165) is 42.8 Å². The molecule has 7 heteroatoms. The zero-order valence-electron chi connectivity index (χ0n) is 13.7. The van der Waals surface area contributed by atoms with Gasteiger partial charge in [0.25, 0.3) is 0 Å². The molecule has 0 saturated carbocycles. The zero-order chi connectivity index (χ0) is 18.0. The lowest BCUT2D eigenvalue weighted by molar-refractivity contribution is -0.137. The molecule has 0 unspecified atom stereocenters. The van der Waals surface area contributed by atoms with Crippen LogP contribution in [0.2, 0.25) is 0 Å². The van der Waals surface area contributed by atoms with Crippen LogP contribution in [0.5, 0.6) is 0 Å². The Morgan fingerprint density at radius 2 is 1.88 bits per heavy atom. The molecule has 2 N–H and O–H groups in total. The Morgan fingerprint density at radius 3 is 2.64 bits per heavy atom. The van der Waals surface area contributed by atoms with Crippen LogP contribution in [0, 0.1) is 0 Å². The third kappa shape index (κ3) is 4.11. The van der Waals surface area contributed by atoms with Crippen LogP contribution in [-0.4, -0.2) is 24.5 Å². The van der Waals surface area contributed by atoms with Crippen LogP contribution >= 0.6 is 0 Å². The van der Waals surface area contributed by atoms with Crippen molar-refractivity contribution in [2.45, 2.75) is 19.1 Å². The van der Waals surface area contributed by atoms with Crippen molar-refractivity contribution in [2.75, 3.05) is 24.2 Å². The Bertz CT molecular complexity index is 789. The molecule has 2 aromatic carbocycles. The van der Waals surface area contributed by atoms with Crippen molar-refractivity contribution in [3.63, 3.8) is 0 Å². The molecule has 3 rings (SSSR count). The molecule has 1 aliphatic rings. The van der Waals surface area contributed by atoms with Gasteiger partial charge in [0, 0.05) is 24.5 Å². The van der Waals surface area contributed by atoms with Gasteiger partial charge in [-0.3, -0.25) is 0 Å².